The number of carboxylic acid groups (broad SMARTS) is 1. The zero-order valence-corrected chi connectivity index (χ0v) is 43.5. The van der Waals surface area contributed by atoms with E-state index < -0.39 is 46.9 Å². The van der Waals surface area contributed by atoms with E-state index in [2.05, 4.69) is 24.3 Å². The summed E-state index contributed by atoms with van der Waals surface area (Å²) < 4.78 is 125. The van der Waals surface area contributed by atoms with Crippen molar-refractivity contribution in [3.63, 3.8) is 0 Å². The molecule has 0 saturated heterocycles. The Morgan fingerprint density at radius 1 is 0.603 bits per heavy atom. The number of allylic oxidation sites excluding steroid dienone is 8. The van der Waals surface area contributed by atoms with E-state index in [1.54, 1.807) is 59.5 Å². The van der Waals surface area contributed by atoms with Gasteiger partial charge in [-0.15, -0.1) is 12.6 Å². The van der Waals surface area contributed by atoms with Gasteiger partial charge in [0, 0.05) is 42.9 Å². The van der Waals surface area contributed by atoms with Gasteiger partial charge in [-0.3, -0.25) is 18.5 Å². The van der Waals surface area contributed by atoms with Crippen LogP contribution in [0.25, 0.3) is 36.8 Å². The Balaban J connectivity index is 0.00000188. The second kappa shape index (κ2) is 23.7. The minimum atomic E-state index is -4.43. The topological polar surface area (TPSA) is 252 Å². The van der Waals surface area contributed by atoms with E-state index in [4.69, 9.17) is 12.6 Å². The Morgan fingerprint density at radius 2 is 1.07 bits per heavy atom. The minimum Gasteiger partial charge on any atom is -0.481 e. The molecule has 0 radical (unpaired) electrons. The predicted octanol–water partition coefficient (Wildman–Crippen LogP) is 11.7. The number of carbonyl (C=O) groups is 1. The Labute approximate surface area is 435 Å². The molecule has 5 aromatic carbocycles. The minimum absolute atomic E-state index is 0.103. The number of aliphatic carboxylic acids is 1. The molecule has 1 aliphatic carbocycles. The van der Waals surface area contributed by atoms with Gasteiger partial charge in [0.15, 0.2) is 0 Å². The third-order valence-electron chi connectivity index (χ3n) is 10.9. The van der Waals surface area contributed by atoms with Crippen LogP contribution in [0, 0.1) is 0 Å². The van der Waals surface area contributed by atoms with Gasteiger partial charge in [-0.25, -0.2) is 0 Å². The van der Waals surface area contributed by atoms with Crippen molar-refractivity contribution in [2.75, 3.05) is 0 Å². The number of hydrogen-bond acceptors (Lipinski definition) is 12. The lowest BCUT2D eigenvalue weighted by molar-refractivity contribution is -0.136. The van der Waals surface area contributed by atoms with Crippen molar-refractivity contribution >= 4 is 97.7 Å². The maximum atomic E-state index is 11.8. The highest BCUT2D eigenvalue weighted by Crippen LogP contribution is 2.46. The van der Waals surface area contributed by atoms with Crippen LogP contribution >= 0.6 is 34.9 Å². The van der Waals surface area contributed by atoms with Gasteiger partial charge in [-0.05, 0) is 143 Å². The van der Waals surface area contributed by atoms with Crippen LogP contribution in [0.1, 0.15) is 41.5 Å². The Hall–Kier alpha value is -6.37. The molecule has 1 aliphatic heterocycles. The number of thioether (sulfide) groups is 2. The smallest absolute Gasteiger partial charge is 0.425 e. The normalized spacial score (nSPS) is 14.8. The molecule has 0 bridgehead atoms. The second-order valence-corrected chi connectivity index (χ2v) is 23.9. The fourth-order valence-corrected chi connectivity index (χ4v) is 12.3. The van der Waals surface area contributed by atoms with Crippen LogP contribution in [-0.4, -0.2) is 62.6 Å². The quantitative estimate of drug-likeness (QED) is 0.0584. The standard InChI is InChI=1S/C52H40O11S6.O3S/c53-51(54)33-34-11-21-43(22-12-34)64-52-41(13-9-35-29-47(37-5-2-1-3-6-37)65-48(30-35)38-15-23-44(24-16-38)67(55,56)57)7-4-8-42(52)14-10-36-31-49(39-17-25-45(26-18-39)68(58,59)60)66-50(32-36)40-19-27-46(28-20-40)69(61,62)63;1-4(2)3/h1-3,5-6,9-32H,4,7-8,33H2,(H3-,53,54,55,56,57,58,59,60,61,62,63);/p+1. The molecule has 2 aliphatic rings. The molecule has 1 aromatic heterocycles. The molecule has 0 spiro atoms. The number of carboxylic acids is 1. The lowest BCUT2D eigenvalue weighted by atomic mass is 9.93. The van der Waals surface area contributed by atoms with Gasteiger partial charge in [-0.2, -0.15) is 25.3 Å². The summed E-state index contributed by atoms with van der Waals surface area (Å²) in [4.78, 5) is 16.1. The molecule has 4 N–H and O–H groups in total. The third-order valence-corrected chi connectivity index (χ3v) is 17.1. The maximum absolute atomic E-state index is 11.8. The monoisotopic (exact) mass is 1110 g/mol. The van der Waals surface area contributed by atoms with Crippen molar-refractivity contribution < 1.29 is 61.4 Å². The first-order valence-electron chi connectivity index (χ1n) is 21.6. The van der Waals surface area contributed by atoms with Crippen LogP contribution in [-0.2, 0) is 52.2 Å². The summed E-state index contributed by atoms with van der Waals surface area (Å²) in [6.07, 6.45) is 14.4. The summed E-state index contributed by atoms with van der Waals surface area (Å²) in [5.41, 5.74) is 7.61. The first-order chi connectivity index (χ1) is 34.6. The highest BCUT2D eigenvalue weighted by Gasteiger charge is 2.22. The molecule has 21 heteroatoms. The molecule has 2 heterocycles. The summed E-state index contributed by atoms with van der Waals surface area (Å²) in [6.45, 7) is 0. The Morgan fingerprint density at radius 3 is 1.53 bits per heavy atom. The van der Waals surface area contributed by atoms with Crippen LogP contribution in [0.5, 0.6) is 0 Å². The third kappa shape index (κ3) is 15.3. The molecule has 8 rings (SSSR count). The fourth-order valence-electron chi connectivity index (χ4n) is 7.49. The Bertz CT molecular complexity index is 3640. The van der Waals surface area contributed by atoms with Crippen LogP contribution in [0.4, 0.5) is 0 Å². The summed E-state index contributed by atoms with van der Waals surface area (Å²) in [5.74, 6) is -0.924. The summed E-state index contributed by atoms with van der Waals surface area (Å²) in [7, 11) is -16.3. The zero-order chi connectivity index (χ0) is 52.5. The highest BCUT2D eigenvalue weighted by atomic mass is 32.2. The maximum Gasteiger partial charge on any atom is 0.425 e. The molecule has 0 unspecified atom stereocenters. The van der Waals surface area contributed by atoms with Gasteiger partial charge >= 0.3 is 16.6 Å². The lowest BCUT2D eigenvalue weighted by Crippen LogP contribution is -2.01. The fraction of sp³-hybridized carbons (Fsp3) is 0.0769. The molecular formula is C52H41O14S7+. The number of hydrogen-bond donors (Lipinski definition) is 4. The van der Waals surface area contributed by atoms with Gasteiger partial charge in [0.1, 0.15) is 0 Å². The first-order valence-corrected chi connectivity index (χ1v) is 29.3. The average Bonchev–Trinajstić information content (AvgIpc) is 3.35. The SMILES string of the molecule is O=C(O)Cc1ccc(SC2=C(/C=C/c3cc(-c4ccccc4)[s+]c(-c4ccc(S(=O)(=O)O)cc4)c3)CCC/C2=C\C=C2C=C(c3ccc(S(=O)(=O)O)cc3)SC(c3ccc(S(=O)(=O)O)cc3)=C2)cc1.O=S(=O)=O. The van der Waals surface area contributed by atoms with Gasteiger partial charge in [0.2, 0.25) is 21.1 Å². The average molecular weight is 1110 g/mol. The number of rotatable bonds is 14. The molecule has 73 heavy (non-hydrogen) atoms. The van der Waals surface area contributed by atoms with E-state index in [0.717, 1.165) is 82.0 Å². The van der Waals surface area contributed by atoms with E-state index in [-0.39, 0.29) is 21.1 Å². The molecular weight excluding hydrogens is 1070 g/mol. The van der Waals surface area contributed by atoms with Crippen LogP contribution in [0.3, 0.4) is 0 Å². The summed E-state index contributed by atoms with van der Waals surface area (Å²) in [6, 6.07) is 39.3. The molecule has 14 nitrogen and oxygen atoms in total. The van der Waals surface area contributed by atoms with Crippen LogP contribution in [0.2, 0.25) is 0 Å². The van der Waals surface area contributed by atoms with E-state index in [1.165, 1.54) is 48.2 Å². The van der Waals surface area contributed by atoms with E-state index >= 15 is 0 Å². The predicted molar refractivity (Wildman–Crippen MR) is 285 cm³/mol. The molecule has 0 atom stereocenters. The largest absolute Gasteiger partial charge is 0.481 e. The van der Waals surface area contributed by atoms with Gasteiger partial charge < -0.3 is 5.11 Å². The molecule has 0 fully saturated rings. The lowest BCUT2D eigenvalue weighted by Gasteiger charge is -2.22. The molecule has 6 aromatic rings. The van der Waals surface area contributed by atoms with Gasteiger partial charge in [0.25, 0.3) is 30.4 Å². The highest BCUT2D eigenvalue weighted by molar-refractivity contribution is 8.16. The van der Waals surface area contributed by atoms with Crippen molar-refractivity contribution in [3.8, 4) is 20.9 Å². The molecule has 374 valence electrons. The van der Waals surface area contributed by atoms with Crippen molar-refractivity contribution in [1.29, 1.82) is 0 Å². The van der Waals surface area contributed by atoms with Crippen molar-refractivity contribution in [1.82, 2.24) is 0 Å². The van der Waals surface area contributed by atoms with Crippen LogP contribution in [0.15, 0.2) is 211 Å². The first kappa shape index (κ1) is 54.4. The van der Waals surface area contributed by atoms with Crippen molar-refractivity contribution in [2.45, 2.75) is 45.3 Å². The van der Waals surface area contributed by atoms with E-state index in [1.807, 2.05) is 78.9 Å². The van der Waals surface area contributed by atoms with Crippen LogP contribution < -0.4 is 0 Å². The van der Waals surface area contributed by atoms with E-state index in [9.17, 15) is 48.8 Å². The molecule has 0 saturated carbocycles. The zero-order valence-electron chi connectivity index (χ0n) is 37.8. The van der Waals surface area contributed by atoms with Crippen molar-refractivity contribution in [3.05, 3.63) is 214 Å². The van der Waals surface area contributed by atoms with E-state index in [0.29, 0.717) is 16.7 Å². The van der Waals surface area contributed by atoms with Gasteiger partial charge in [-0.1, -0.05) is 102 Å². The summed E-state index contributed by atoms with van der Waals surface area (Å²) >= 11 is 4.51. The second-order valence-electron chi connectivity index (χ2n) is 16.0. The Kier molecular flexibility index (Phi) is 17.6. The summed E-state index contributed by atoms with van der Waals surface area (Å²) in [5, 5.41) is 9.40. The molecule has 0 amide bonds. The van der Waals surface area contributed by atoms with Gasteiger partial charge in [0.05, 0.1) is 21.1 Å². The van der Waals surface area contributed by atoms with Crippen molar-refractivity contribution in [2.24, 2.45) is 0 Å². The number of benzene rings is 5.